The van der Waals surface area contributed by atoms with E-state index in [0.29, 0.717) is 10.8 Å². The molecule has 3 heterocycles. The second kappa shape index (κ2) is 5.90. The largest absolute Gasteiger partial charge is 0.368 e. The Hall–Kier alpha value is -2.41. The van der Waals surface area contributed by atoms with E-state index >= 15 is 0 Å². The first-order chi connectivity index (χ1) is 11.6. The minimum Gasteiger partial charge on any atom is -0.368 e. The van der Waals surface area contributed by atoms with Crippen molar-refractivity contribution in [1.82, 2.24) is 19.6 Å². The molecule has 0 amide bonds. The number of piperazine rings is 1. The summed E-state index contributed by atoms with van der Waals surface area (Å²) in [6.45, 7) is 5.08. The van der Waals surface area contributed by atoms with E-state index < -0.39 is 0 Å². The van der Waals surface area contributed by atoms with Gasteiger partial charge in [-0.3, -0.25) is 0 Å². The summed E-state index contributed by atoms with van der Waals surface area (Å²) < 4.78 is 14.8. The van der Waals surface area contributed by atoms with Gasteiger partial charge in [-0.2, -0.15) is 14.6 Å². The minimum absolute atomic E-state index is 0.218. The Morgan fingerprint density at radius 3 is 2.42 bits per heavy atom. The summed E-state index contributed by atoms with van der Waals surface area (Å²) in [5, 5.41) is 4.84. The zero-order valence-electron chi connectivity index (χ0n) is 13.2. The summed E-state index contributed by atoms with van der Waals surface area (Å²) in [5.41, 5.74) is 1.77. The van der Waals surface area contributed by atoms with Crippen LogP contribution in [0.5, 0.6) is 0 Å². The second-order valence-electron chi connectivity index (χ2n) is 5.76. The maximum absolute atomic E-state index is 13.1. The Morgan fingerprint density at radius 1 is 1.04 bits per heavy atom. The lowest BCUT2D eigenvalue weighted by Gasteiger charge is -2.37. The molecule has 0 saturated carbocycles. The number of aryl methyl sites for hydroxylation is 1. The van der Waals surface area contributed by atoms with Gasteiger partial charge in [0.1, 0.15) is 17.2 Å². The highest BCUT2D eigenvalue weighted by molar-refractivity contribution is 6.33. The molecule has 124 valence electrons. The third kappa shape index (κ3) is 2.54. The van der Waals surface area contributed by atoms with E-state index in [9.17, 15) is 4.39 Å². The zero-order chi connectivity index (χ0) is 16.7. The third-order valence-electron chi connectivity index (χ3n) is 4.28. The molecule has 0 unspecified atom stereocenters. The van der Waals surface area contributed by atoms with Gasteiger partial charge in [0.25, 0.3) is 5.78 Å². The quantitative estimate of drug-likeness (QED) is 0.713. The average molecular weight is 347 g/mol. The highest BCUT2D eigenvalue weighted by atomic mass is 35.5. The molecule has 0 spiro atoms. The summed E-state index contributed by atoms with van der Waals surface area (Å²) >= 11 is 6.49. The molecule has 0 radical (unpaired) electrons. The number of halogens is 2. The molecule has 3 aromatic rings. The van der Waals surface area contributed by atoms with Crippen molar-refractivity contribution in [2.45, 2.75) is 6.92 Å². The van der Waals surface area contributed by atoms with Gasteiger partial charge >= 0.3 is 0 Å². The molecule has 6 nitrogen and oxygen atoms in total. The fourth-order valence-corrected chi connectivity index (χ4v) is 3.26. The standard InChI is InChI=1S/C16H16ClFN6/c1-11-14(17)15(24-16(21-11)19-10-20-24)23-8-6-22(7-9-23)13-4-2-12(18)3-5-13/h2-5,10H,6-9H2,1H3. The summed E-state index contributed by atoms with van der Waals surface area (Å²) in [6.07, 6.45) is 1.48. The van der Waals surface area contributed by atoms with Gasteiger partial charge in [0.15, 0.2) is 5.82 Å². The van der Waals surface area contributed by atoms with Crippen LogP contribution in [-0.2, 0) is 0 Å². The van der Waals surface area contributed by atoms with Crippen LogP contribution < -0.4 is 9.80 Å². The van der Waals surface area contributed by atoms with Crippen LogP contribution in [0.4, 0.5) is 15.9 Å². The molecule has 0 aliphatic carbocycles. The highest BCUT2D eigenvalue weighted by Gasteiger charge is 2.23. The summed E-state index contributed by atoms with van der Waals surface area (Å²) in [5.74, 6) is 1.16. The molecular weight excluding hydrogens is 331 g/mol. The van der Waals surface area contributed by atoms with Crippen molar-refractivity contribution in [3.8, 4) is 0 Å². The van der Waals surface area contributed by atoms with E-state index in [0.717, 1.165) is 43.4 Å². The van der Waals surface area contributed by atoms with Crippen molar-refractivity contribution in [1.29, 1.82) is 0 Å². The average Bonchev–Trinajstić information content (AvgIpc) is 3.05. The van der Waals surface area contributed by atoms with Gasteiger partial charge in [-0.05, 0) is 31.2 Å². The number of hydrogen-bond acceptors (Lipinski definition) is 5. The number of fused-ring (bicyclic) bond motifs is 1. The molecule has 1 fully saturated rings. The van der Waals surface area contributed by atoms with Crippen LogP contribution in [0.15, 0.2) is 30.6 Å². The van der Waals surface area contributed by atoms with Crippen LogP contribution in [0.25, 0.3) is 5.78 Å². The summed E-state index contributed by atoms with van der Waals surface area (Å²) in [7, 11) is 0. The number of aromatic nitrogens is 4. The first-order valence-electron chi connectivity index (χ1n) is 7.75. The van der Waals surface area contributed by atoms with E-state index in [4.69, 9.17) is 11.6 Å². The molecule has 8 heteroatoms. The fourth-order valence-electron chi connectivity index (χ4n) is 3.02. The lowest BCUT2D eigenvalue weighted by atomic mass is 10.2. The molecule has 4 rings (SSSR count). The van der Waals surface area contributed by atoms with E-state index in [2.05, 4.69) is 24.9 Å². The fraction of sp³-hybridized carbons (Fsp3) is 0.312. The van der Waals surface area contributed by atoms with Crippen molar-refractivity contribution >= 4 is 28.9 Å². The van der Waals surface area contributed by atoms with Gasteiger partial charge in [0, 0.05) is 31.9 Å². The molecule has 1 aliphatic heterocycles. The van der Waals surface area contributed by atoms with Gasteiger partial charge in [0.2, 0.25) is 0 Å². The number of rotatable bonds is 2. The number of anilines is 2. The molecule has 1 aliphatic rings. The zero-order valence-corrected chi connectivity index (χ0v) is 13.9. The van der Waals surface area contributed by atoms with E-state index in [1.165, 1.54) is 18.5 Å². The van der Waals surface area contributed by atoms with E-state index in [1.54, 1.807) is 4.52 Å². The predicted molar refractivity (Wildman–Crippen MR) is 91.4 cm³/mol. The van der Waals surface area contributed by atoms with Gasteiger partial charge in [-0.1, -0.05) is 11.6 Å². The Morgan fingerprint density at radius 2 is 1.71 bits per heavy atom. The predicted octanol–water partition coefficient (Wildman–Crippen LogP) is 2.55. The summed E-state index contributed by atoms with van der Waals surface area (Å²) in [6, 6.07) is 6.60. The maximum atomic E-state index is 13.1. The SMILES string of the molecule is Cc1nc2ncnn2c(N2CCN(c3ccc(F)cc3)CC2)c1Cl. The first-order valence-corrected chi connectivity index (χ1v) is 8.12. The minimum atomic E-state index is -0.218. The molecule has 1 aromatic carbocycles. The van der Waals surface area contributed by atoms with Gasteiger partial charge in [-0.25, -0.2) is 9.37 Å². The van der Waals surface area contributed by atoms with Crippen LogP contribution >= 0.6 is 11.6 Å². The van der Waals surface area contributed by atoms with Gasteiger partial charge in [0.05, 0.1) is 5.69 Å². The second-order valence-corrected chi connectivity index (χ2v) is 6.14. The van der Waals surface area contributed by atoms with E-state index in [-0.39, 0.29) is 5.82 Å². The molecule has 2 aromatic heterocycles. The number of nitrogens with zero attached hydrogens (tertiary/aromatic N) is 6. The normalized spacial score (nSPS) is 15.3. The third-order valence-corrected chi connectivity index (χ3v) is 4.73. The smallest absolute Gasteiger partial charge is 0.254 e. The van der Waals surface area contributed by atoms with Crippen molar-refractivity contribution in [3.05, 3.63) is 47.1 Å². The van der Waals surface area contributed by atoms with Crippen molar-refractivity contribution in [2.24, 2.45) is 0 Å². The van der Waals surface area contributed by atoms with Crippen molar-refractivity contribution in [2.75, 3.05) is 36.0 Å². The van der Waals surface area contributed by atoms with Crippen molar-refractivity contribution in [3.63, 3.8) is 0 Å². The number of benzene rings is 1. The first kappa shape index (κ1) is 15.1. The van der Waals surface area contributed by atoms with Crippen LogP contribution in [0.1, 0.15) is 5.69 Å². The van der Waals surface area contributed by atoms with Crippen LogP contribution in [0.3, 0.4) is 0 Å². The maximum Gasteiger partial charge on any atom is 0.254 e. The van der Waals surface area contributed by atoms with Crippen LogP contribution in [-0.4, -0.2) is 45.8 Å². The molecular formula is C16H16ClFN6. The highest BCUT2D eigenvalue weighted by Crippen LogP contribution is 2.29. The molecule has 1 saturated heterocycles. The van der Waals surface area contributed by atoms with Crippen LogP contribution in [0, 0.1) is 12.7 Å². The number of hydrogen-bond donors (Lipinski definition) is 0. The molecule has 0 bridgehead atoms. The lowest BCUT2D eigenvalue weighted by molar-refractivity contribution is 0.622. The van der Waals surface area contributed by atoms with Gasteiger partial charge in [-0.15, -0.1) is 0 Å². The summed E-state index contributed by atoms with van der Waals surface area (Å²) in [4.78, 5) is 12.9. The Bertz CT molecular complexity index is 870. The lowest BCUT2D eigenvalue weighted by Crippen LogP contribution is -2.47. The van der Waals surface area contributed by atoms with Crippen molar-refractivity contribution < 1.29 is 4.39 Å². The Kier molecular flexibility index (Phi) is 3.72. The molecule has 0 atom stereocenters. The van der Waals surface area contributed by atoms with Gasteiger partial charge < -0.3 is 9.80 Å². The van der Waals surface area contributed by atoms with E-state index in [1.807, 2.05) is 19.1 Å². The molecule has 24 heavy (non-hydrogen) atoms. The monoisotopic (exact) mass is 346 g/mol. The van der Waals surface area contributed by atoms with Crippen LogP contribution in [0.2, 0.25) is 5.02 Å². The molecule has 0 N–H and O–H groups in total. The Labute approximate surface area is 143 Å². The topological polar surface area (TPSA) is 49.6 Å². The Balaban J connectivity index is 1.59.